The van der Waals surface area contributed by atoms with E-state index in [1.807, 2.05) is 18.2 Å². The van der Waals surface area contributed by atoms with Crippen molar-refractivity contribution in [1.29, 1.82) is 0 Å². The summed E-state index contributed by atoms with van der Waals surface area (Å²) in [6, 6.07) is 10.7. The molecule has 2 atom stereocenters. The number of rotatable bonds is 3. The molecule has 126 valence electrons. The predicted molar refractivity (Wildman–Crippen MR) is 91.4 cm³/mol. The van der Waals surface area contributed by atoms with E-state index in [0.717, 1.165) is 31.5 Å². The summed E-state index contributed by atoms with van der Waals surface area (Å²) in [5, 5.41) is 0. The highest BCUT2D eigenvalue weighted by Gasteiger charge is 2.46. The standard InChI is InChI=1S/C19H28N2O2/c1-15-13-21(14-17(15)20(2)3)18(22)19(9-11-23-12-10-19)16-7-5-4-6-8-16/h4-8,15,17H,9-14H2,1-3H3/t15-,17-/m0/s1. The molecule has 2 aliphatic rings. The molecule has 3 rings (SSSR count). The number of amides is 1. The molecule has 2 fully saturated rings. The molecule has 1 amide bonds. The summed E-state index contributed by atoms with van der Waals surface area (Å²) < 4.78 is 5.56. The third-order valence-corrected chi connectivity index (χ3v) is 5.61. The number of nitrogens with zero attached hydrogens (tertiary/aromatic N) is 2. The molecule has 0 bridgehead atoms. The zero-order valence-electron chi connectivity index (χ0n) is 14.5. The first-order chi connectivity index (χ1) is 11.0. The minimum absolute atomic E-state index is 0.295. The van der Waals surface area contributed by atoms with Gasteiger partial charge in [0.2, 0.25) is 5.91 Å². The third kappa shape index (κ3) is 3.02. The Morgan fingerprint density at radius 1 is 1.17 bits per heavy atom. The first-order valence-corrected chi connectivity index (χ1v) is 8.64. The lowest BCUT2D eigenvalue weighted by atomic mass is 9.73. The Bertz CT molecular complexity index is 538. The van der Waals surface area contributed by atoms with Crippen LogP contribution in [0.25, 0.3) is 0 Å². The summed E-state index contributed by atoms with van der Waals surface area (Å²) in [5.41, 5.74) is 0.745. The van der Waals surface area contributed by atoms with Crippen LogP contribution in [0.1, 0.15) is 25.3 Å². The van der Waals surface area contributed by atoms with Gasteiger partial charge in [0.15, 0.2) is 0 Å². The summed E-state index contributed by atoms with van der Waals surface area (Å²) in [6.45, 7) is 5.28. The topological polar surface area (TPSA) is 32.8 Å². The van der Waals surface area contributed by atoms with E-state index in [1.54, 1.807) is 0 Å². The molecule has 23 heavy (non-hydrogen) atoms. The Morgan fingerprint density at radius 3 is 2.39 bits per heavy atom. The van der Waals surface area contributed by atoms with Crippen molar-refractivity contribution in [3.05, 3.63) is 35.9 Å². The second-order valence-electron chi connectivity index (χ2n) is 7.28. The number of benzene rings is 1. The van der Waals surface area contributed by atoms with Crippen molar-refractivity contribution in [3.8, 4) is 0 Å². The van der Waals surface area contributed by atoms with Gasteiger partial charge in [-0.1, -0.05) is 37.3 Å². The summed E-state index contributed by atoms with van der Waals surface area (Å²) in [6.07, 6.45) is 1.57. The van der Waals surface area contributed by atoms with Crippen LogP contribution in [0.2, 0.25) is 0 Å². The molecule has 1 aromatic carbocycles. The van der Waals surface area contributed by atoms with E-state index in [4.69, 9.17) is 4.74 Å². The maximum absolute atomic E-state index is 13.5. The molecule has 0 aliphatic carbocycles. The Morgan fingerprint density at radius 2 is 1.83 bits per heavy atom. The highest BCUT2D eigenvalue weighted by Crippen LogP contribution is 2.38. The van der Waals surface area contributed by atoms with Gasteiger partial charge in [0.25, 0.3) is 0 Å². The van der Waals surface area contributed by atoms with Gasteiger partial charge in [0.1, 0.15) is 0 Å². The van der Waals surface area contributed by atoms with E-state index >= 15 is 0 Å². The molecule has 2 heterocycles. The number of hydrogen-bond acceptors (Lipinski definition) is 3. The van der Waals surface area contributed by atoms with Crippen LogP contribution in [0, 0.1) is 5.92 Å². The van der Waals surface area contributed by atoms with Gasteiger partial charge >= 0.3 is 0 Å². The van der Waals surface area contributed by atoms with Crippen LogP contribution in [0.3, 0.4) is 0 Å². The van der Waals surface area contributed by atoms with Crippen LogP contribution in [-0.4, -0.2) is 62.1 Å². The van der Waals surface area contributed by atoms with Gasteiger partial charge in [-0.25, -0.2) is 0 Å². The van der Waals surface area contributed by atoms with E-state index in [9.17, 15) is 4.79 Å². The summed E-state index contributed by atoms with van der Waals surface area (Å²) in [5.74, 6) is 0.810. The van der Waals surface area contributed by atoms with Gasteiger partial charge in [-0.05, 0) is 38.4 Å². The fourth-order valence-corrected chi connectivity index (χ4v) is 4.19. The Hall–Kier alpha value is -1.39. The highest BCUT2D eigenvalue weighted by molar-refractivity contribution is 5.88. The molecule has 0 radical (unpaired) electrons. The molecule has 0 aromatic heterocycles. The highest BCUT2D eigenvalue weighted by atomic mass is 16.5. The van der Waals surface area contributed by atoms with E-state index in [1.165, 1.54) is 0 Å². The fourth-order valence-electron chi connectivity index (χ4n) is 4.19. The minimum atomic E-state index is -0.402. The summed E-state index contributed by atoms with van der Waals surface area (Å²) in [7, 11) is 4.22. The Kier molecular flexibility index (Phi) is 4.74. The molecule has 0 unspecified atom stereocenters. The van der Waals surface area contributed by atoms with E-state index < -0.39 is 5.41 Å². The van der Waals surface area contributed by atoms with Crippen molar-refractivity contribution in [2.24, 2.45) is 5.92 Å². The van der Waals surface area contributed by atoms with Crippen LogP contribution in [0.4, 0.5) is 0 Å². The van der Waals surface area contributed by atoms with E-state index in [2.05, 4.69) is 43.0 Å². The lowest BCUT2D eigenvalue weighted by molar-refractivity contribution is -0.140. The van der Waals surface area contributed by atoms with Gasteiger partial charge in [-0.3, -0.25) is 4.79 Å². The number of carbonyl (C=O) groups is 1. The van der Waals surface area contributed by atoms with Gasteiger partial charge in [-0.15, -0.1) is 0 Å². The quantitative estimate of drug-likeness (QED) is 0.856. The molecule has 0 N–H and O–H groups in total. The largest absolute Gasteiger partial charge is 0.381 e. The summed E-state index contributed by atoms with van der Waals surface area (Å²) in [4.78, 5) is 17.8. The third-order valence-electron chi connectivity index (χ3n) is 5.61. The van der Waals surface area contributed by atoms with E-state index in [0.29, 0.717) is 31.1 Å². The maximum Gasteiger partial charge on any atom is 0.233 e. The van der Waals surface area contributed by atoms with Crippen molar-refractivity contribution in [1.82, 2.24) is 9.80 Å². The first-order valence-electron chi connectivity index (χ1n) is 8.64. The van der Waals surface area contributed by atoms with Crippen molar-refractivity contribution in [2.75, 3.05) is 40.4 Å². The van der Waals surface area contributed by atoms with E-state index in [-0.39, 0.29) is 0 Å². The minimum Gasteiger partial charge on any atom is -0.381 e. The van der Waals surface area contributed by atoms with Crippen molar-refractivity contribution in [3.63, 3.8) is 0 Å². The number of likely N-dealkylation sites (N-methyl/N-ethyl adjacent to an activating group) is 1. The fraction of sp³-hybridized carbons (Fsp3) is 0.632. The molecule has 1 aromatic rings. The normalized spacial score (nSPS) is 27.4. The van der Waals surface area contributed by atoms with Crippen LogP contribution >= 0.6 is 0 Å². The number of carbonyl (C=O) groups excluding carboxylic acids is 1. The first kappa shape index (κ1) is 16.5. The lowest BCUT2D eigenvalue weighted by Crippen LogP contribution is -2.49. The van der Waals surface area contributed by atoms with Gasteiger partial charge in [0, 0.05) is 32.3 Å². The maximum atomic E-state index is 13.5. The number of likely N-dealkylation sites (tertiary alicyclic amines) is 1. The zero-order chi connectivity index (χ0) is 16.4. The molecule has 0 spiro atoms. The molecule has 0 saturated carbocycles. The molecule has 4 heteroatoms. The van der Waals surface area contributed by atoms with Gasteiger partial charge in [-0.2, -0.15) is 0 Å². The van der Waals surface area contributed by atoms with Gasteiger partial charge < -0.3 is 14.5 Å². The van der Waals surface area contributed by atoms with Crippen LogP contribution in [0.15, 0.2) is 30.3 Å². The second kappa shape index (κ2) is 6.62. The van der Waals surface area contributed by atoms with Gasteiger partial charge in [0.05, 0.1) is 5.41 Å². The van der Waals surface area contributed by atoms with Crippen molar-refractivity contribution in [2.45, 2.75) is 31.2 Å². The van der Waals surface area contributed by atoms with Crippen molar-refractivity contribution >= 4 is 5.91 Å². The molecule has 2 saturated heterocycles. The average Bonchev–Trinajstić information content (AvgIpc) is 2.97. The molecular formula is C19H28N2O2. The van der Waals surface area contributed by atoms with Crippen LogP contribution < -0.4 is 0 Å². The SMILES string of the molecule is C[C@H]1CN(C(=O)C2(c3ccccc3)CCOCC2)C[C@@H]1N(C)C. The number of hydrogen-bond donors (Lipinski definition) is 0. The Labute approximate surface area is 139 Å². The monoisotopic (exact) mass is 316 g/mol. The average molecular weight is 316 g/mol. The number of ether oxygens (including phenoxy) is 1. The van der Waals surface area contributed by atoms with Crippen LogP contribution in [0.5, 0.6) is 0 Å². The second-order valence-corrected chi connectivity index (χ2v) is 7.28. The molecule has 4 nitrogen and oxygen atoms in total. The Balaban J connectivity index is 1.88. The van der Waals surface area contributed by atoms with Crippen LogP contribution in [-0.2, 0) is 14.9 Å². The summed E-state index contributed by atoms with van der Waals surface area (Å²) >= 11 is 0. The lowest BCUT2D eigenvalue weighted by Gasteiger charge is -2.39. The smallest absolute Gasteiger partial charge is 0.233 e. The zero-order valence-corrected chi connectivity index (χ0v) is 14.5. The van der Waals surface area contributed by atoms with Crippen molar-refractivity contribution < 1.29 is 9.53 Å². The predicted octanol–water partition coefficient (Wildman–Crippen LogP) is 2.14. The molecule has 2 aliphatic heterocycles. The molecular weight excluding hydrogens is 288 g/mol.